The predicted octanol–water partition coefficient (Wildman–Crippen LogP) is 2.47. The van der Waals surface area contributed by atoms with Gasteiger partial charge in [0.2, 0.25) is 0 Å². The maximum atomic E-state index is 8.87. The quantitative estimate of drug-likeness (QED) is 0.499. The fraction of sp³-hybridized carbons (Fsp3) is 0.357. The summed E-state index contributed by atoms with van der Waals surface area (Å²) in [5, 5.41) is 16.2. The average Bonchev–Trinajstić information content (AvgIpc) is 2.95. The third-order valence-electron chi connectivity index (χ3n) is 3.01. The van der Waals surface area contributed by atoms with E-state index in [4.69, 9.17) is 9.94 Å². The van der Waals surface area contributed by atoms with Crippen LogP contribution in [-0.4, -0.2) is 25.7 Å². The lowest BCUT2D eigenvalue weighted by Crippen LogP contribution is -2.07. The number of aryl methyl sites for hydroxylation is 1. The van der Waals surface area contributed by atoms with E-state index in [-0.39, 0.29) is 0 Å². The summed E-state index contributed by atoms with van der Waals surface area (Å²) in [4.78, 5) is 4.15. The molecule has 0 saturated carbocycles. The molecule has 0 aliphatic heterocycles. The van der Waals surface area contributed by atoms with Crippen molar-refractivity contribution in [2.24, 2.45) is 5.16 Å². The third-order valence-corrected chi connectivity index (χ3v) is 3.01. The number of hydrogen-bond acceptors (Lipinski definition) is 5. The van der Waals surface area contributed by atoms with E-state index >= 15 is 0 Å². The van der Waals surface area contributed by atoms with E-state index in [1.165, 1.54) is 6.33 Å². The van der Waals surface area contributed by atoms with E-state index in [0.717, 1.165) is 23.7 Å². The van der Waals surface area contributed by atoms with E-state index in [0.29, 0.717) is 18.7 Å². The molecule has 0 aliphatic rings. The van der Waals surface area contributed by atoms with Crippen molar-refractivity contribution in [1.82, 2.24) is 14.8 Å². The molecule has 20 heavy (non-hydrogen) atoms. The maximum Gasteiger partial charge on any atom is 0.164 e. The fourth-order valence-electron chi connectivity index (χ4n) is 1.89. The highest BCUT2D eigenvalue weighted by Gasteiger charge is 2.05. The highest BCUT2D eigenvalue weighted by Crippen LogP contribution is 2.15. The van der Waals surface area contributed by atoms with Gasteiger partial charge in [0, 0.05) is 6.54 Å². The normalized spacial score (nSPS) is 11.6. The van der Waals surface area contributed by atoms with Crippen molar-refractivity contribution < 1.29 is 9.94 Å². The molecule has 0 fully saturated rings. The molecule has 0 radical (unpaired) electrons. The van der Waals surface area contributed by atoms with Crippen LogP contribution in [0.15, 0.2) is 35.7 Å². The number of aromatic nitrogens is 3. The highest BCUT2D eigenvalue weighted by molar-refractivity contribution is 6.00. The second-order valence-corrected chi connectivity index (χ2v) is 4.21. The Morgan fingerprint density at radius 2 is 2.05 bits per heavy atom. The van der Waals surface area contributed by atoms with E-state index in [1.807, 2.05) is 38.1 Å². The summed E-state index contributed by atoms with van der Waals surface area (Å²) in [5.74, 6) is 1.54. The van der Waals surface area contributed by atoms with Gasteiger partial charge in [-0.25, -0.2) is 9.67 Å². The summed E-state index contributed by atoms with van der Waals surface area (Å²) in [5.41, 5.74) is 1.54. The summed E-state index contributed by atoms with van der Waals surface area (Å²) >= 11 is 0. The van der Waals surface area contributed by atoms with Gasteiger partial charge >= 0.3 is 0 Å². The van der Waals surface area contributed by atoms with Crippen molar-refractivity contribution in [1.29, 1.82) is 0 Å². The maximum absolute atomic E-state index is 8.87. The van der Waals surface area contributed by atoms with Crippen LogP contribution in [0, 0.1) is 0 Å². The number of hydrogen-bond donors (Lipinski definition) is 1. The molecular formula is C14H18N4O2. The lowest BCUT2D eigenvalue weighted by atomic mass is 10.1. The minimum absolute atomic E-state index is 0.377. The molecule has 0 atom stereocenters. The standard InChI is InChI=1S/C14H18N4O2/c1-3-13(17-19)11-5-7-12(8-6-11)20-9-14-15-10-16-18(14)4-2/h5-8,10,19H,3-4,9H2,1-2H3. The molecule has 1 aromatic carbocycles. The zero-order valence-electron chi connectivity index (χ0n) is 11.7. The zero-order chi connectivity index (χ0) is 14.4. The lowest BCUT2D eigenvalue weighted by Gasteiger charge is -2.07. The molecular weight excluding hydrogens is 256 g/mol. The van der Waals surface area contributed by atoms with Crippen molar-refractivity contribution in [3.8, 4) is 5.75 Å². The van der Waals surface area contributed by atoms with Crippen LogP contribution in [-0.2, 0) is 13.2 Å². The molecule has 0 aliphatic carbocycles. The van der Waals surface area contributed by atoms with Gasteiger partial charge in [-0.2, -0.15) is 5.10 Å². The summed E-state index contributed by atoms with van der Waals surface area (Å²) < 4.78 is 7.46. The molecule has 0 spiro atoms. The van der Waals surface area contributed by atoms with Crippen molar-refractivity contribution >= 4 is 5.71 Å². The first-order valence-corrected chi connectivity index (χ1v) is 6.59. The molecule has 6 heteroatoms. The van der Waals surface area contributed by atoms with E-state index in [2.05, 4.69) is 15.2 Å². The third kappa shape index (κ3) is 3.14. The lowest BCUT2D eigenvalue weighted by molar-refractivity contribution is 0.287. The Kier molecular flexibility index (Phi) is 4.70. The van der Waals surface area contributed by atoms with Crippen LogP contribution in [0.25, 0.3) is 0 Å². The van der Waals surface area contributed by atoms with Crippen molar-refractivity contribution in [2.45, 2.75) is 33.4 Å². The van der Waals surface area contributed by atoms with Crippen LogP contribution in [0.4, 0.5) is 0 Å². The highest BCUT2D eigenvalue weighted by atomic mass is 16.5. The van der Waals surface area contributed by atoms with Crippen molar-refractivity contribution in [3.63, 3.8) is 0 Å². The summed E-state index contributed by atoms with van der Waals surface area (Å²) in [6.07, 6.45) is 2.20. The zero-order valence-corrected chi connectivity index (χ0v) is 11.7. The molecule has 0 amide bonds. The van der Waals surface area contributed by atoms with E-state index in [9.17, 15) is 0 Å². The Bertz CT molecular complexity index is 575. The van der Waals surface area contributed by atoms with Crippen molar-refractivity contribution in [3.05, 3.63) is 42.0 Å². The summed E-state index contributed by atoms with van der Waals surface area (Å²) in [6.45, 7) is 5.09. The van der Waals surface area contributed by atoms with Crippen molar-refractivity contribution in [2.75, 3.05) is 0 Å². The molecule has 1 aromatic heterocycles. The number of benzene rings is 1. The molecule has 0 saturated heterocycles. The Morgan fingerprint density at radius 1 is 1.30 bits per heavy atom. The molecule has 0 unspecified atom stereocenters. The van der Waals surface area contributed by atoms with Crippen LogP contribution in [0.2, 0.25) is 0 Å². The minimum atomic E-state index is 0.377. The van der Waals surface area contributed by atoms with E-state index < -0.39 is 0 Å². The Hall–Kier alpha value is -2.37. The van der Waals surface area contributed by atoms with Crippen LogP contribution < -0.4 is 4.74 Å². The summed E-state index contributed by atoms with van der Waals surface area (Å²) in [7, 11) is 0. The molecule has 1 heterocycles. The first-order chi connectivity index (χ1) is 9.78. The van der Waals surface area contributed by atoms with E-state index in [1.54, 1.807) is 4.68 Å². The fourth-order valence-corrected chi connectivity index (χ4v) is 1.89. The van der Waals surface area contributed by atoms with Crippen LogP contribution in [0.3, 0.4) is 0 Å². The molecule has 2 aromatic rings. The minimum Gasteiger partial charge on any atom is -0.486 e. The van der Waals surface area contributed by atoms with Crippen LogP contribution in [0.5, 0.6) is 5.75 Å². The number of oxime groups is 1. The molecule has 6 nitrogen and oxygen atoms in total. The Labute approximate surface area is 117 Å². The monoisotopic (exact) mass is 274 g/mol. The van der Waals surface area contributed by atoms with Gasteiger partial charge in [0.1, 0.15) is 18.7 Å². The van der Waals surface area contributed by atoms with Gasteiger partial charge in [0.05, 0.1) is 5.71 Å². The Morgan fingerprint density at radius 3 is 2.65 bits per heavy atom. The smallest absolute Gasteiger partial charge is 0.164 e. The first kappa shape index (κ1) is 14.0. The second-order valence-electron chi connectivity index (χ2n) is 4.21. The molecule has 106 valence electrons. The summed E-state index contributed by atoms with van der Waals surface area (Å²) in [6, 6.07) is 7.45. The number of ether oxygens (including phenoxy) is 1. The van der Waals surface area contributed by atoms with Gasteiger partial charge in [-0.05, 0) is 43.2 Å². The number of nitrogens with zero attached hydrogens (tertiary/aromatic N) is 4. The molecule has 2 rings (SSSR count). The molecule has 0 bridgehead atoms. The van der Waals surface area contributed by atoms with Crippen LogP contribution >= 0.6 is 0 Å². The second kappa shape index (κ2) is 6.70. The first-order valence-electron chi connectivity index (χ1n) is 6.59. The van der Waals surface area contributed by atoms with Gasteiger partial charge in [0.25, 0.3) is 0 Å². The predicted molar refractivity (Wildman–Crippen MR) is 75.1 cm³/mol. The van der Waals surface area contributed by atoms with Gasteiger partial charge in [-0.15, -0.1) is 0 Å². The van der Waals surface area contributed by atoms with Crippen LogP contribution in [0.1, 0.15) is 31.7 Å². The average molecular weight is 274 g/mol. The SMILES string of the molecule is CCC(=NO)c1ccc(OCc2ncnn2CC)cc1. The van der Waals surface area contributed by atoms with Gasteiger partial charge in [-0.1, -0.05) is 12.1 Å². The molecule has 1 N–H and O–H groups in total. The topological polar surface area (TPSA) is 72.5 Å². The largest absolute Gasteiger partial charge is 0.486 e. The Balaban J connectivity index is 2.01. The van der Waals surface area contributed by atoms with Gasteiger partial charge in [0.15, 0.2) is 5.82 Å². The van der Waals surface area contributed by atoms with Gasteiger partial charge < -0.3 is 9.94 Å². The van der Waals surface area contributed by atoms with Gasteiger partial charge in [-0.3, -0.25) is 0 Å². The number of rotatable bonds is 6.